The summed E-state index contributed by atoms with van der Waals surface area (Å²) in [4.78, 5) is 3.94. The quantitative estimate of drug-likeness (QED) is 0.806. The predicted molar refractivity (Wildman–Crippen MR) is 51.7 cm³/mol. The molecule has 0 amide bonds. The lowest BCUT2D eigenvalue weighted by molar-refractivity contribution is 0.789. The molecular formula is C6H7N5S2. The third-order valence-electron chi connectivity index (χ3n) is 1.36. The average molecular weight is 213 g/mol. The van der Waals surface area contributed by atoms with Gasteiger partial charge in [-0.25, -0.2) is 4.98 Å². The smallest absolute Gasteiger partial charge is 0.196 e. The van der Waals surface area contributed by atoms with Crippen LogP contribution in [0.25, 0.3) is 0 Å². The van der Waals surface area contributed by atoms with Crippen LogP contribution in [-0.2, 0) is 7.05 Å². The lowest BCUT2D eigenvalue weighted by atomic mass is 11.0. The highest BCUT2D eigenvalue weighted by molar-refractivity contribution is 8.01. The van der Waals surface area contributed by atoms with Crippen LogP contribution in [0.15, 0.2) is 21.9 Å². The monoisotopic (exact) mass is 213 g/mol. The molecule has 68 valence electrons. The topological polar surface area (TPSA) is 69.6 Å². The normalized spacial score (nSPS) is 10.5. The SMILES string of the molecule is Cn1cnnc1Sc1cnc(N)s1. The van der Waals surface area contributed by atoms with Gasteiger partial charge in [-0.3, -0.25) is 0 Å². The number of nitrogen functional groups attached to an aromatic ring is 1. The molecule has 2 N–H and O–H groups in total. The molecule has 0 saturated heterocycles. The first-order valence-electron chi connectivity index (χ1n) is 3.49. The molecule has 7 heteroatoms. The van der Waals surface area contributed by atoms with Gasteiger partial charge >= 0.3 is 0 Å². The summed E-state index contributed by atoms with van der Waals surface area (Å²) in [5, 5.41) is 9.11. The molecule has 2 heterocycles. The van der Waals surface area contributed by atoms with Crippen LogP contribution in [0.3, 0.4) is 0 Å². The van der Waals surface area contributed by atoms with Gasteiger partial charge in [-0.05, 0) is 11.8 Å². The van der Waals surface area contributed by atoms with Crippen LogP contribution in [0.1, 0.15) is 0 Å². The maximum atomic E-state index is 5.50. The van der Waals surface area contributed by atoms with Gasteiger partial charge in [-0.2, -0.15) is 0 Å². The van der Waals surface area contributed by atoms with Crippen molar-refractivity contribution in [2.24, 2.45) is 7.05 Å². The summed E-state index contributed by atoms with van der Waals surface area (Å²) in [5.41, 5.74) is 5.50. The van der Waals surface area contributed by atoms with Gasteiger partial charge in [-0.15, -0.1) is 10.2 Å². The fourth-order valence-corrected chi connectivity index (χ4v) is 2.40. The van der Waals surface area contributed by atoms with Crippen LogP contribution in [0.5, 0.6) is 0 Å². The average Bonchev–Trinajstić information content (AvgIpc) is 2.64. The van der Waals surface area contributed by atoms with E-state index in [-0.39, 0.29) is 0 Å². The van der Waals surface area contributed by atoms with E-state index in [0.29, 0.717) is 5.13 Å². The minimum atomic E-state index is 0.574. The number of nitrogens with two attached hydrogens (primary N) is 1. The van der Waals surface area contributed by atoms with Crippen molar-refractivity contribution in [3.8, 4) is 0 Å². The van der Waals surface area contributed by atoms with Crippen molar-refractivity contribution in [1.29, 1.82) is 0 Å². The van der Waals surface area contributed by atoms with Gasteiger partial charge in [0.1, 0.15) is 6.33 Å². The van der Waals surface area contributed by atoms with Crippen LogP contribution < -0.4 is 5.73 Å². The number of rotatable bonds is 2. The molecule has 0 atom stereocenters. The number of aryl methyl sites for hydroxylation is 1. The molecule has 0 aliphatic rings. The molecule has 0 aliphatic heterocycles. The second kappa shape index (κ2) is 3.35. The molecular weight excluding hydrogens is 206 g/mol. The fraction of sp³-hybridized carbons (Fsp3) is 0.167. The molecule has 2 rings (SSSR count). The van der Waals surface area contributed by atoms with Crippen molar-refractivity contribution in [2.75, 3.05) is 5.73 Å². The number of hydrogen-bond donors (Lipinski definition) is 1. The summed E-state index contributed by atoms with van der Waals surface area (Å²) < 4.78 is 2.87. The van der Waals surface area contributed by atoms with Crippen molar-refractivity contribution in [3.63, 3.8) is 0 Å². The Bertz CT molecular complexity index is 407. The molecule has 0 spiro atoms. The Morgan fingerprint density at radius 2 is 2.46 bits per heavy atom. The fourth-order valence-electron chi connectivity index (χ4n) is 0.774. The summed E-state index contributed by atoms with van der Waals surface area (Å²) in [6.45, 7) is 0. The third kappa shape index (κ3) is 1.81. The first-order chi connectivity index (χ1) is 6.25. The highest BCUT2D eigenvalue weighted by atomic mass is 32.2. The Balaban J connectivity index is 2.19. The van der Waals surface area contributed by atoms with Crippen LogP contribution in [0.2, 0.25) is 0 Å². The molecule has 0 fully saturated rings. The zero-order chi connectivity index (χ0) is 9.26. The first kappa shape index (κ1) is 8.52. The van der Waals surface area contributed by atoms with Gasteiger partial charge in [0.05, 0.1) is 10.4 Å². The highest BCUT2D eigenvalue weighted by Gasteiger charge is 2.05. The zero-order valence-corrected chi connectivity index (χ0v) is 8.47. The van der Waals surface area contributed by atoms with E-state index in [9.17, 15) is 0 Å². The maximum Gasteiger partial charge on any atom is 0.196 e. The molecule has 0 unspecified atom stereocenters. The second-order valence-corrected chi connectivity index (χ2v) is 4.67. The van der Waals surface area contributed by atoms with E-state index in [1.807, 2.05) is 11.6 Å². The maximum absolute atomic E-state index is 5.50. The van der Waals surface area contributed by atoms with Crippen LogP contribution >= 0.6 is 23.1 Å². The molecule has 0 radical (unpaired) electrons. The first-order valence-corrected chi connectivity index (χ1v) is 5.12. The van der Waals surface area contributed by atoms with Gasteiger partial charge in [0.25, 0.3) is 0 Å². The Morgan fingerprint density at radius 1 is 1.62 bits per heavy atom. The Labute approximate surface area is 83.0 Å². The molecule has 0 aliphatic carbocycles. The minimum Gasteiger partial charge on any atom is -0.375 e. The molecule has 0 saturated carbocycles. The predicted octanol–water partition coefficient (Wildman–Crippen LogP) is 1.00. The van der Waals surface area contributed by atoms with E-state index >= 15 is 0 Å². The number of aromatic nitrogens is 4. The summed E-state index contributed by atoms with van der Waals surface area (Å²) in [5.74, 6) is 0. The highest BCUT2D eigenvalue weighted by Crippen LogP contribution is 2.30. The minimum absolute atomic E-state index is 0.574. The molecule has 2 aromatic heterocycles. The van der Waals surface area contributed by atoms with Gasteiger partial charge in [0.15, 0.2) is 10.3 Å². The summed E-state index contributed by atoms with van der Waals surface area (Å²) in [7, 11) is 1.90. The summed E-state index contributed by atoms with van der Waals surface area (Å²) >= 11 is 2.95. The summed E-state index contributed by atoms with van der Waals surface area (Å²) in [6.07, 6.45) is 3.39. The molecule has 13 heavy (non-hydrogen) atoms. The lowest BCUT2D eigenvalue weighted by Gasteiger charge is -1.94. The van der Waals surface area contributed by atoms with Gasteiger partial charge < -0.3 is 10.3 Å². The number of hydrogen-bond acceptors (Lipinski definition) is 6. The van der Waals surface area contributed by atoms with Gasteiger partial charge in [0.2, 0.25) is 0 Å². The van der Waals surface area contributed by atoms with E-state index in [1.54, 1.807) is 12.5 Å². The van der Waals surface area contributed by atoms with Crippen LogP contribution in [-0.4, -0.2) is 19.7 Å². The standard InChI is InChI=1S/C6H7N5S2/c1-11-3-9-10-6(11)13-4-2-8-5(7)12-4/h2-3H,1H3,(H2,7,8). The van der Waals surface area contributed by atoms with E-state index in [0.717, 1.165) is 9.37 Å². The van der Waals surface area contributed by atoms with Crippen LogP contribution in [0.4, 0.5) is 5.13 Å². The van der Waals surface area contributed by atoms with E-state index in [1.165, 1.54) is 23.1 Å². The van der Waals surface area contributed by atoms with Crippen LogP contribution in [0, 0.1) is 0 Å². The van der Waals surface area contributed by atoms with E-state index in [4.69, 9.17) is 5.73 Å². The molecule has 5 nitrogen and oxygen atoms in total. The summed E-state index contributed by atoms with van der Waals surface area (Å²) in [6, 6.07) is 0. The number of anilines is 1. The molecule has 2 aromatic rings. The van der Waals surface area contributed by atoms with Gasteiger partial charge in [-0.1, -0.05) is 11.3 Å². The number of nitrogens with zero attached hydrogens (tertiary/aromatic N) is 4. The van der Waals surface area contributed by atoms with Crippen molar-refractivity contribution < 1.29 is 0 Å². The van der Waals surface area contributed by atoms with E-state index in [2.05, 4.69) is 15.2 Å². The lowest BCUT2D eigenvalue weighted by Crippen LogP contribution is -1.86. The van der Waals surface area contributed by atoms with Crippen molar-refractivity contribution in [1.82, 2.24) is 19.7 Å². The van der Waals surface area contributed by atoms with Gasteiger partial charge in [0, 0.05) is 7.05 Å². The van der Waals surface area contributed by atoms with Crippen molar-refractivity contribution in [2.45, 2.75) is 9.37 Å². The van der Waals surface area contributed by atoms with Crippen molar-refractivity contribution >= 4 is 28.2 Å². The largest absolute Gasteiger partial charge is 0.375 e. The Morgan fingerprint density at radius 3 is 3.00 bits per heavy atom. The molecule has 0 bridgehead atoms. The van der Waals surface area contributed by atoms with E-state index < -0.39 is 0 Å². The Kier molecular flexibility index (Phi) is 2.19. The van der Waals surface area contributed by atoms with Crippen molar-refractivity contribution in [3.05, 3.63) is 12.5 Å². The zero-order valence-electron chi connectivity index (χ0n) is 6.84. The Hall–Kier alpha value is -1.08. The number of thiazole rings is 1. The second-order valence-electron chi connectivity index (χ2n) is 2.34. The third-order valence-corrected chi connectivity index (χ3v) is 3.34. The molecule has 0 aromatic carbocycles.